The van der Waals surface area contributed by atoms with E-state index < -0.39 is 4.92 Å². The Balaban J connectivity index is 2.49. The lowest BCUT2D eigenvalue weighted by atomic mass is 10.1. The molecule has 0 unspecified atom stereocenters. The first-order valence-electron chi connectivity index (χ1n) is 6.77. The molecule has 116 valence electrons. The van der Waals surface area contributed by atoms with E-state index in [1.807, 2.05) is 0 Å². The molecule has 0 fully saturated rings. The highest BCUT2D eigenvalue weighted by Crippen LogP contribution is 2.24. The quantitative estimate of drug-likeness (QED) is 0.476. The summed E-state index contributed by atoms with van der Waals surface area (Å²) in [6.07, 6.45) is 0.832. The fourth-order valence-corrected chi connectivity index (χ4v) is 1.92. The lowest BCUT2D eigenvalue weighted by molar-refractivity contribution is -0.717. The van der Waals surface area contributed by atoms with Crippen LogP contribution in [0.15, 0.2) is 18.2 Å². The van der Waals surface area contributed by atoms with Crippen LogP contribution in [0.2, 0.25) is 5.02 Å². The van der Waals surface area contributed by atoms with Gasteiger partial charge in [0.05, 0.1) is 17.0 Å². The van der Waals surface area contributed by atoms with Gasteiger partial charge in [0.25, 0.3) is 11.6 Å². The maximum Gasteiger partial charge on any atom is 0.288 e. The van der Waals surface area contributed by atoms with Gasteiger partial charge in [-0.3, -0.25) is 14.9 Å². The second kappa shape index (κ2) is 7.38. The average Bonchev–Trinajstić information content (AvgIpc) is 2.36. The summed E-state index contributed by atoms with van der Waals surface area (Å²) in [6.45, 7) is 7.81. The van der Waals surface area contributed by atoms with E-state index in [-0.39, 0.29) is 27.7 Å². The molecule has 21 heavy (non-hydrogen) atoms. The van der Waals surface area contributed by atoms with E-state index in [1.165, 1.54) is 18.2 Å². The van der Waals surface area contributed by atoms with Crippen molar-refractivity contribution in [1.82, 2.24) is 5.32 Å². The number of halogens is 1. The maximum absolute atomic E-state index is 11.9. The van der Waals surface area contributed by atoms with Gasteiger partial charge in [0.1, 0.15) is 5.02 Å². The molecule has 1 aromatic carbocycles. The molecule has 0 saturated carbocycles. The van der Waals surface area contributed by atoms with Gasteiger partial charge in [-0.15, -0.1) is 0 Å². The standard InChI is InChI=1S/C14H20ClN3O3/c1-14(2,3)17-8-4-7-16-13(19)10-5-6-11(15)12(9-10)18(20)21/h5-6,9,17H,4,7-8H2,1-3H3,(H,16,19)/p+1. The number of quaternary nitrogens is 1. The number of rotatable bonds is 6. The first-order valence-corrected chi connectivity index (χ1v) is 7.15. The zero-order valence-electron chi connectivity index (χ0n) is 12.5. The zero-order chi connectivity index (χ0) is 16.0. The van der Waals surface area contributed by atoms with Crippen LogP contribution < -0.4 is 10.6 Å². The number of hydrogen-bond acceptors (Lipinski definition) is 3. The van der Waals surface area contributed by atoms with Gasteiger partial charge < -0.3 is 10.6 Å². The normalized spacial score (nSPS) is 11.2. The van der Waals surface area contributed by atoms with Crippen LogP contribution >= 0.6 is 11.6 Å². The van der Waals surface area contributed by atoms with Crippen molar-refractivity contribution in [2.75, 3.05) is 13.1 Å². The van der Waals surface area contributed by atoms with Crippen LogP contribution in [0.4, 0.5) is 5.69 Å². The number of benzene rings is 1. The first kappa shape index (κ1) is 17.4. The number of nitrogens with one attached hydrogen (secondary N) is 1. The summed E-state index contributed by atoms with van der Waals surface area (Å²) in [7, 11) is 0. The van der Waals surface area contributed by atoms with Crippen molar-refractivity contribution in [2.24, 2.45) is 0 Å². The van der Waals surface area contributed by atoms with Gasteiger partial charge in [-0.05, 0) is 32.9 Å². The molecule has 1 aromatic rings. The van der Waals surface area contributed by atoms with Gasteiger partial charge in [-0.25, -0.2) is 0 Å². The molecule has 6 nitrogen and oxygen atoms in total. The molecular formula is C14H21ClN3O3+. The van der Waals surface area contributed by atoms with E-state index in [2.05, 4.69) is 31.4 Å². The third-order valence-electron chi connectivity index (χ3n) is 2.83. The highest BCUT2D eigenvalue weighted by Gasteiger charge is 2.16. The summed E-state index contributed by atoms with van der Waals surface area (Å²) in [6, 6.07) is 4.03. The van der Waals surface area contributed by atoms with Gasteiger partial charge in [0.15, 0.2) is 0 Å². The fraction of sp³-hybridized carbons (Fsp3) is 0.500. The van der Waals surface area contributed by atoms with Crippen molar-refractivity contribution >= 4 is 23.2 Å². The molecule has 7 heteroatoms. The molecule has 0 aliphatic rings. The number of nitro groups is 1. The van der Waals surface area contributed by atoms with E-state index >= 15 is 0 Å². The summed E-state index contributed by atoms with van der Waals surface area (Å²) in [4.78, 5) is 22.1. The molecule has 0 saturated heterocycles. The minimum atomic E-state index is -0.600. The Morgan fingerprint density at radius 1 is 1.43 bits per heavy atom. The van der Waals surface area contributed by atoms with Crippen molar-refractivity contribution in [3.05, 3.63) is 38.9 Å². The monoisotopic (exact) mass is 314 g/mol. The first-order chi connectivity index (χ1) is 9.70. The SMILES string of the molecule is CC(C)(C)[NH2+]CCCNC(=O)c1ccc(Cl)c([N+](=O)[O-])c1. The Labute approximate surface area is 129 Å². The lowest BCUT2D eigenvalue weighted by Crippen LogP contribution is -2.94. The van der Waals surface area contributed by atoms with Gasteiger partial charge in [-0.2, -0.15) is 0 Å². The largest absolute Gasteiger partial charge is 0.352 e. The van der Waals surface area contributed by atoms with E-state index in [1.54, 1.807) is 0 Å². The van der Waals surface area contributed by atoms with Crippen LogP contribution in [0.25, 0.3) is 0 Å². The number of carbonyl (C=O) groups excluding carboxylic acids is 1. The number of nitro benzene ring substituents is 1. The van der Waals surface area contributed by atoms with Gasteiger partial charge in [-0.1, -0.05) is 11.6 Å². The Morgan fingerprint density at radius 3 is 2.67 bits per heavy atom. The molecule has 0 heterocycles. The number of nitrogens with zero attached hydrogens (tertiary/aromatic N) is 1. The Kier molecular flexibility index (Phi) is 6.11. The van der Waals surface area contributed by atoms with E-state index in [4.69, 9.17) is 11.6 Å². The smallest absolute Gasteiger partial charge is 0.288 e. The van der Waals surface area contributed by atoms with Crippen molar-refractivity contribution < 1.29 is 15.0 Å². The number of carbonyl (C=O) groups is 1. The Bertz CT molecular complexity index is 527. The maximum atomic E-state index is 11.9. The second-order valence-electron chi connectivity index (χ2n) is 5.89. The topological polar surface area (TPSA) is 88.8 Å². The van der Waals surface area contributed by atoms with Crippen LogP contribution in [-0.4, -0.2) is 29.5 Å². The van der Waals surface area contributed by atoms with Crippen molar-refractivity contribution in [3.63, 3.8) is 0 Å². The molecule has 0 atom stereocenters. The minimum absolute atomic E-state index is 0.0244. The lowest BCUT2D eigenvalue weighted by Gasteiger charge is -2.16. The molecule has 1 amide bonds. The summed E-state index contributed by atoms with van der Waals surface area (Å²) in [5.74, 6) is -0.328. The number of hydrogen-bond donors (Lipinski definition) is 2. The highest BCUT2D eigenvalue weighted by atomic mass is 35.5. The molecule has 0 aromatic heterocycles. The van der Waals surface area contributed by atoms with Crippen LogP contribution in [0, 0.1) is 10.1 Å². The van der Waals surface area contributed by atoms with Crippen LogP contribution in [0.5, 0.6) is 0 Å². The van der Waals surface area contributed by atoms with Crippen molar-refractivity contribution in [1.29, 1.82) is 0 Å². The molecule has 0 aliphatic heterocycles. The van der Waals surface area contributed by atoms with Crippen molar-refractivity contribution in [3.8, 4) is 0 Å². The van der Waals surface area contributed by atoms with Crippen LogP contribution in [-0.2, 0) is 0 Å². The average molecular weight is 315 g/mol. The Morgan fingerprint density at radius 2 is 2.10 bits per heavy atom. The highest BCUT2D eigenvalue weighted by molar-refractivity contribution is 6.32. The molecule has 1 rings (SSSR count). The fourth-order valence-electron chi connectivity index (χ4n) is 1.73. The molecular weight excluding hydrogens is 294 g/mol. The Hall–Kier alpha value is -1.66. The third-order valence-corrected chi connectivity index (χ3v) is 3.15. The van der Waals surface area contributed by atoms with E-state index in [0.717, 1.165) is 13.0 Å². The van der Waals surface area contributed by atoms with Gasteiger partial charge in [0.2, 0.25) is 0 Å². The van der Waals surface area contributed by atoms with Crippen LogP contribution in [0.3, 0.4) is 0 Å². The summed E-state index contributed by atoms with van der Waals surface area (Å²) in [5.41, 5.74) is 0.150. The van der Waals surface area contributed by atoms with E-state index in [0.29, 0.717) is 6.54 Å². The number of nitrogens with two attached hydrogens (primary N) is 1. The summed E-state index contributed by atoms with van der Waals surface area (Å²) < 4.78 is 0. The summed E-state index contributed by atoms with van der Waals surface area (Å²) >= 11 is 5.71. The predicted molar refractivity (Wildman–Crippen MR) is 81.6 cm³/mol. The van der Waals surface area contributed by atoms with Crippen molar-refractivity contribution in [2.45, 2.75) is 32.7 Å². The molecule has 0 aliphatic carbocycles. The van der Waals surface area contributed by atoms with Gasteiger partial charge >= 0.3 is 0 Å². The van der Waals surface area contributed by atoms with E-state index in [9.17, 15) is 14.9 Å². The number of amides is 1. The van der Waals surface area contributed by atoms with Gasteiger partial charge in [0, 0.05) is 24.6 Å². The molecule has 0 spiro atoms. The predicted octanol–water partition coefficient (Wildman–Crippen LogP) is 1.73. The van der Waals surface area contributed by atoms with Crippen LogP contribution in [0.1, 0.15) is 37.6 Å². The second-order valence-corrected chi connectivity index (χ2v) is 6.30. The molecule has 0 radical (unpaired) electrons. The zero-order valence-corrected chi connectivity index (χ0v) is 13.2. The molecule has 3 N–H and O–H groups in total. The summed E-state index contributed by atoms with van der Waals surface area (Å²) in [5, 5.41) is 15.7. The molecule has 0 bridgehead atoms. The third kappa shape index (κ3) is 6.10. The minimum Gasteiger partial charge on any atom is -0.352 e.